The highest BCUT2D eigenvalue weighted by atomic mass is 35.5. The quantitative estimate of drug-likeness (QED) is 0.455. The Labute approximate surface area is 155 Å². The fourth-order valence-corrected chi connectivity index (χ4v) is 2.42. The zero-order valence-corrected chi connectivity index (χ0v) is 15.2. The van der Waals surface area contributed by atoms with Gasteiger partial charge in [0.1, 0.15) is 5.82 Å². The molecule has 25 heavy (non-hydrogen) atoms. The van der Waals surface area contributed by atoms with Crippen molar-refractivity contribution in [2.24, 2.45) is 5.10 Å². The van der Waals surface area contributed by atoms with E-state index in [9.17, 15) is 4.39 Å². The van der Waals surface area contributed by atoms with Crippen molar-refractivity contribution >= 4 is 35.1 Å². The van der Waals surface area contributed by atoms with Crippen LogP contribution < -0.4 is 20.2 Å². The van der Waals surface area contributed by atoms with E-state index in [0.29, 0.717) is 28.2 Å². The SMILES string of the molecule is COc1cc(/C=N\NC(=S)NCc2ccc(F)cc2)cc(Cl)c1OC. The van der Waals surface area contributed by atoms with Crippen LogP contribution in [0.2, 0.25) is 5.02 Å². The minimum atomic E-state index is -0.275. The van der Waals surface area contributed by atoms with E-state index in [-0.39, 0.29) is 5.82 Å². The Hall–Kier alpha value is -2.38. The van der Waals surface area contributed by atoms with Gasteiger partial charge in [0, 0.05) is 6.54 Å². The van der Waals surface area contributed by atoms with Crippen LogP contribution in [-0.2, 0) is 6.54 Å². The molecule has 0 aliphatic carbocycles. The summed E-state index contributed by atoms with van der Waals surface area (Å²) in [4.78, 5) is 0. The molecule has 5 nitrogen and oxygen atoms in total. The predicted molar refractivity (Wildman–Crippen MR) is 101 cm³/mol. The maximum Gasteiger partial charge on any atom is 0.187 e. The number of nitrogens with zero attached hydrogens (tertiary/aromatic N) is 1. The van der Waals surface area contributed by atoms with E-state index in [1.165, 1.54) is 26.4 Å². The maximum absolute atomic E-state index is 12.8. The molecule has 2 aromatic carbocycles. The predicted octanol–water partition coefficient (Wildman–Crippen LogP) is 3.49. The lowest BCUT2D eigenvalue weighted by molar-refractivity contribution is 0.355. The number of benzene rings is 2. The average molecular weight is 382 g/mol. The summed E-state index contributed by atoms with van der Waals surface area (Å²) in [5.74, 6) is 0.696. The van der Waals surface area contributed by atoms with Crippen LogP contribution in [0, 0.1) is 5.82 Å². The Morgan fingerprint density at radius 1 is 1.24 bits per heavy atom. The number of hydrazone groups is 1. The van der Waals surface area contributed by atoms with Gasteiger partial charge in [0.2, 0.25) is 0 Å². The molecule has 2 aromatic rings. The van der Waals surface area contributed by atoms with Gasteiger partial charge in [-0.25, -0.2) is 4.39 Å². The first-order valence-electron chi connectivity index (χ1n) is 7.26. The van der Waals surface area contributed by atoms with Crippen molar-refractivity contribution in [1.82, 2.24) is 10.7 Å². The summed E-state index contributed by atoms with van der Waals surface area (Å²) < 4.78 is 23.2. The molecule has 0 radical (unpaired) electrons. The monoisotopic (exact) mass is 381 g/mol. The number of nitrogens with one attached hydrogen (secondary N) is 2. The van der Waals surface area contributed by atoms with Crippen molar-refractivity contribution in [2.75, 3.05) is 14.2 Å². The molecule has 0 heterocycles. The van der Waals surface area contributed by atoms with Crippen LogP contribution in [0.1, 0.15) is 11.1 Å². The summed E-state index contributed by atoms with van der Waals surface area (Å²) in [5, 5.41) is 7.77. The number of rotatable bonds is 6. The summed E-state index contributed by atoms with van der Waals surface area (Å²) in [6, 6.07) is 9.59. The van der Waals surface area contributed by atoms with Crippen LogP contribution in [-0.4, -0.2) is 25.5 Å². The summed E-state index contributed by atoms with van der Waals surface area (Å²) >= 11 is 11.3. The van der Waals surface area contributed by atoms with E-state index >= 15 is 0 Å². The molecule has 0 amide bonds. The van der Waals surface area contributed by atoms with Crippen molar-refractivity contribution in [3.8, 4) is 11.5 Å². The Morgan fingerprint density at radius 3 is 2.60 bits per heavy atom. The second kappa shape index (κ2) is 9.19. The molecule has 0 bridgehead atoms. The van der Waals surface area contributed by atoms with Gasteiger partial charge in [-0.2, -0.15) is 5.10 Å². The maximum atomic E-state index is 12.8. The number of hydrogen-bond donors (Lipinski definition) is 2. The highest BCUT2D eigenvalue weighted by Crippen LogP contribution is 2.35. The molecule has 2 N–H and O–H groups in total. The fraction of sp³-hybridized carbons (Fsp3) is 0.176. The van der Waals surface area contributed by atoms with E-state index < -0.39 is 0 Å². The first-order valence-corrected chi connectivity index (χ1v) is 8.05. The van der Waals surface area contributed by atoms with Crippen LogP contribution in [0.5, 0.6) is 11.5 Å². The molecule has 0 fully saturated rings. The second-order valence-electron chi connectivity index (χ2n) is 4.92. The third kappa shape index (κ3) is 5.58. The van der Waals surface area contributed by atoms with E-state index in [2.05, 4.69) is 15.8 Å². The Morgan fingerprint density at radius 2 is 1.96 bits per heavy atom. The van der Waals surface area contributed by atoms with E-state index in [1.807, 2.05) is 0 Å². The number of hydrogen-bond acceptors (Lipinski definition) is 4. The van der Waals surface area contributed by atoms with Gasteiger partial charge in [0.05, 0.1) is 25.5 Å². The van der Waals surface area contributed by atoms with Gasteiger partial charge in [-0.05, 0) is 47.6 Å². The van der Waals surface area contributed by atoms with Crippen molar-refractivity contribution in [3.63, 3.8) is 0 Å². The summed E-state index contributed by atoms with van der Waals surface area (Å²) in [6.45, 7) is 0.462. The molecular formula is C17H17ClFN3O2S. The number of thiocarbonyl (C=S) groups is 1. The van der Waals surface area contributed by atoms with Gasteiger partial charge < -0.3 is 14.8 Å². The molecule has 0 aliphatic rings. The zero-order valence-electron chi connectivity index (χ0n) is 13.7. The van der Waals surface area contributed by atoms with Gasteiger partial charge in [0.25, 0.3) is 0 Å². The van der Waals surface area contributed by atoms with Crippen molar-refractivity contribution < 1.29 is 13.9 Å². The summed E-state index contributed by atoms with van der Waals surface area (Å²) in [6.07, 6.45) is 1.56. The molecule has 132 valence electrons. The smallest absolute Gasteiger partial charge is 0.187 e. The average Bonchev–Trinajstić information content (AvgIpc) is 2.60. The minimum Gasteiger partial charge on any atom is -0.493 e. The minimum absolute atomic E-state index is 0.275. The van der Waals surface area contributed by atoms with Crippen molar-refractivity contribution in [1.29, 1.82) is 0 Å². The standard InChI is InChI=1S/C17H17ClFN3O2S/c1-23-15-8-12(7-14(18)16(15)24-2)10-21-22-17(25)20-9-11-3-5-13(19)6-4-11/h3-8,10H,9H2,1-2H3,(H2,20,22,25)/b21-10-. The normalized spacial score (nSPS) is 10.6. The molecule has 2 rings (SSSR count). The van der Waals surface area contributed by atoms with Gasteiger partial charge in [-0.15, -0.1) is 0 Å². The molecule has 0 unspecified atom stereocenters. The van der Waals surface area contributed by atoms with Gasteiger partial charge >= 0.3 is 0 Å². The number of methoxy groups -OCH3 is 2. The fourth-order valence-electron chi connectivity index (χ4n) is 2.00. The summed E-state index contributed by atoms with van der Waals surface area (Å²) in [5.41, 5.74) is 4.32. The largest absolute Gasteiger partial charge is 0.493 e. The summed E-state index contributed by atoms with van der Waals surface area (Å²) in [7, 11) is 3.05. The van der Waals surface area contributed by atoms with Gasteiger partial charge in [-0.3, -0.25) is 5.43 Å². The van der Waals surface area contributed by atoms with Crippen LogP contribution >= 0.6 is 23.8 Å². The lowest BCUT2D eigenvalue weighted by Gasteiger charge is -2.10. The van der Waals surface area contributed by atoms with Crippen LogP contribution in [0.15, 0.2) is 41.5 Å². The molecule has 0 aliphatic heterocycles. The van der Waals surface area contributed by atoms with Gasteiger partial charge in [-0.1, -0.05) is 23.7 Å². The van der Waals surface area contributed by atoms with Crippen LogP contribution in [0.3, 0.4) is 0 Å². The van der Waals surface area contributed by atoms with E-state index in [1.54, 1.807) is 30.5 Å². The molecule has 0 spiro atoms. The van der Waals surface area contributed by atoms with Crippen molar-refractivity contribution in [3.05, 3.63) is 58.4 Å². The molecular weight excluding hydrogens is 365 g/mol. The third-order valence-electron chi connectivity index (χ3n) is 3.20. The molecule has 0 saturated heterocycles. The Balaban J connectivity index is 1.90. The first kappa shape index (κ1) is 19.0. The molecule has 8 heteroatoms. The number of ether oxygens (including phenoxy) is 2. The highest BCUT2D eigenvalue weighted by molar-refractivity contribution is 7.80. The van der Waals surface area contributed by atoms with Crippen LogP contribution in [0.4, 0.5) is 4.39 Å². The number of halogens is 2. The topological polar surface area (TPSA) is 54.9 Å². The zero-order chi connectivity index (χ0) is 18.2. The van der Waals surface area contributed by atoms with E-state index in [0.717, 1.165) is 11.1 Å². The molecule has 0 atom stereocenters. The van der Waals surface area contributed by atoms with E-state index in [4.69, 9.17) is 33.3 Å². The second-order valence-corrected chi connectivity index (χ2v) is 5.73. The first-order chi connectivity index (χ1) is 12.0. The highest BCUT2D eigenvalue weighted by Gasteiger charge is 2.09. The van der Waals surface area contributed by atoms with Gasteiger partial charge in [0.15, 0.2) is 16.6 Å². The molecule has 0 saturated carbocycles. The van der Waals surface area contributed by atoms with Crippen LogP contribution in [0.25, 0.3) is 0 Å². The Bertz CT molecular complexity index is 769. The Kier molecular flexibility index (Phi) is 6.97. The molecule has 0 aromatic heterocycles. The third-order valence-corrected chi connectivity index (χ3v) is 3.72. The van der Waals surface area contributed by atoms with Crippen molar-refractivity contribution in [2.45, 2.75) is 6.54 Å². The lowest BCUT2D eigenvalue weighted by Crippen LogP contribution is -2.31. The lowest BCUT2D eigenvalue weighted by atomic mass is 10.2.